The minimum Gasteiger partial charge on any atom is -0.494 e. The summed E-state index contributed by atoms with van der Waals surface area (Å²) in [4.78, 5) is 8.20. The summed E-state index contributed by atoms with van der Waals surface area (Å²) in [6.07, 6.45) is 4.44. The molecule has 0 aliphatic rings. The predicted molar refractivity (Wildman–Crippen MR) is 56.5 cm³/mol. The first kappa shape index (κ1) is 10.8. The van der Waals surface area contributed by atoms with E-state index in [2.05, 4.69) is 29.1 Å². The topological polar surface area (TPSA) is 47.0 Å². The van der Waals surface area contributed by atoms with E-state index in [0.717, 1.165) is 13.0 Å². The highest BCUT2D eigenvalue weighted by Crippen LogP contribution is 2.07. The Morgan fingerprint density at radius 1 is 1.36 bits per heavy atom. The van der Waals surface area contributed by atoms with E-state index in [0.29, 0.717) is 17.6 Å². The molecule has 0 saturated heterocycles. The zero-order valence-electron chi connectivity index (χ0n) is 8.95. The Kier molecular flexibility index (Phi) is 4.16. The predicted octanol–water partition coefficient (Wildman–Crippen LogP) is 1.94. The van der Waals surface area contributed by atoms with Crippen molar-refractivity contribution < 1.29 is 4.74 Å². The van der Waals surface area contributed by atoms with Crippen LogP contribution in [0.2, 0.25) is 0 Å². The summed E-state index contributed by atoms with van der Waals surface area (Å²) in [7, 11) is 1.60. The van der Waals surface area contributed by atoms with Crippen LogP contribution in [0.1, 0.15) is 20.3 Å². The van der Waals surface area contributed by atoms with Crippen molar-refractivity contribution in [3.63, 3.8) is 0 Å². The molecule has 0 saturated carbocycles. The maximum atomic E-state index is 4.96. The lowest BCUT2D eigenvalue weighted by Gasteiger charge is -2.06. The van der Waals surface area contributed by atoms with Gasteiger partial charge in [0.25, 0.3) is 0 Å². The quantitative estimate of drug-likeness (QED) is 0.780. The highest BCUT2D eigenvalue weighted by Gasteiger charge is 1.97. The standard InChI is InChI=1S/C10H17N3O/c1-8(2)4-5-11-10-12-6-9(14-3)7-13-10/h6-8H,4-5H2,1-3H3,(H,11,12,13). The number of anilines is 1. The molecule has 1 aromatic heterocycles. The van der Waals surface area contributed by atoms with E-state index in [4.69, 9.17) is 4.74 Å². The fraction of sp³-hybridized carbons (Fsp3) is 0.600. The molecule has 4 nitrogen and oxygen atoms in total. The lowest BCUT2D eigenvalue weighted by atomic mass is 10.1. The van der Waals surface area contributed by atoms with E-state index in [1.165, 1.54) is 0 Å². The molecule has 1 N–H and O–H groups in total. The fourth-order valence-corrected chi connectivity index (χ4v) is 0.986. The molecular weight excluding hydrogens is 178 g/mol. The van der Waals surface area contributed by atoms with Crippen LogP contribution in [-0.4, -0.2) is 23.6 Å². The van der Waals surface area contributed by atoms with Gasteiger partial charge in [0.05, 0.1) is 19.5 Å². The Balaban J connectivity index is 2.36. The summed E-state index contributed by atoms with van der Waals surface area (Å²) in [6.45, 7) is 5.29. The first-order valence-corrected chi connectivity index (χ1v) is 4.82. The third-order valence-electron chi connectivity index (χ3n) is 1.87. The van der Waals surface area contributed by atoms with Gasteiger partial charge >= 0.3 is 0 Å². The van der Waals surface area contributed by atoms with E-state index in [-0.39, 0.29) is 0 Å². The van der Waals surface area contributed by atoms with Gasteiger partial charge < -0.3 is 10.1 Å². The van der Waals surface area contributed by atoms with Crippen LogP contribution in [0.25, 0.3) is 0 Å². The SMILES string of the molecule is COc1cnc(NCCC(C)C)nc1. The Bertz CT molecular complexity index is 259. The van der Waals surface area contributed by atoms with Crippen molar-refractivity contribution in [2.45, 2.75) is 20.3 Å². The highest BCUT2D eigenvalue weighted by molar-refractivity contribution is 5.26. The molecule has 0 aliphatic carbocycles. The number of nitrogens with one attached hydrogen (secondary N) is 1. The fourth-order valence-electron chi connectivity index (χ4n) is 0.986. The van der Waals surface area contributed by atoms with Crippen molar-refractivity contribution >= 4 is 5.95 Å². The zero-order valence-corrected chi connectivity index (χ0v) is 8.95. The summed E-state index contributed by atoms with van der Waals surface area (Å²) in [5.41, 5.74) is 0. The number of aromatic nitrogens is 2. The second kappa shape index (κ2) is 5.42. The van der Waals surface area contributed by atoms with Crippen LogP contribution in [0.15, 0.2) is 12.4 Å². The van der Waals surface area contributed by atoms with Gasteiger partial charge in [-0.25, -0.2) is 9.97 Å². The summed E-state index contributed by atoms with van der Waals surface area (Å²) < 4.78 is 4.96. The summed E-state index contributed by atoms with van der Waals surface area (Å²) in [6, 6.07) is 0. The van der Waals surface area contributed by atoms with Crippen LogP contribution < -0.4 is 10.1 Å². The number of nitrogens with zero attached hydrogens (tertiary/aromatic N) is 2. The highest BCUT2D eigenvalue weighted by atomic mass is 16.5. The van der Waals surface area contributed by atoms with Crippen molar-refractivity contribution in [2.24, 2.45) is 5.92 Å². The van der Waals surface area contributed by atoms with Gasteiger partial charge in [0, 0.05) is 6.54 Å². The van der Waals surface area contributed by atoms with Crippen LogP contribution in [0.4, 0.5) is 5.95 Å². The minimum atomic E-state index is 0.659. The molecule has 0 aliphatic heterocycles. The third-order valence-corrected chi connectivity index (χ3v) is 1.87. The number of hydrogen-bond acceptors (Lipinski definition) is 4. The second-order valence-electron chi connectivity index (χ2n) is 3.56. The van der Waals surface area contributed by atoms with Gasteiger partial charge in [-0.15, -0.1) is 0 Å². The van der Waals surface area contributed by atoms with Crippen LogP contribution in [-0.2, 0) is 0 Å². The Labute approximate surface area is 84.7 Å². The molecule has 1 aromatic rings. The molecule has 4 heteroatoms. The molecule has 0 aromatic carbocycles. The van der Waals surface area contributed by atoms with Crippen molar-refractivity contribution in [1.29, 1.82) is 0 Å². The molecular formula is C10H17N3O. The normalized spacial score (nSPS) is 10.3. The van der Waals surface area contributed by atoms with Crippen molar-refractivity contribution in [3.8, 4) is 5.75 Å². The molecule has 0 radical (unpaired) electrons. The molecule has 0 atom stereocenters. The second-order valence-corrected chi connectivity index (χ2v) is 3.56. The maximum absolute atomic E-state index is 4.96. The molecule has 1 heterocycles. The molecule has 0 fully saturated rings. The van der Waals surface area contributed by atoms with Gasteiger partial charge in [0.1, 0.15) is 0 Å². The molecule has 0 amide bonds. The van der Waals surface area contributed by atoms with Gasteiger partial charge in [0.2, 0.25) is 5.95 Å². The van der Waals surface area contributed by atoms with E-state index in [1.54, 1.807) is 19.5 Å². The van der Waals surface area contributed by atoms with Crippen molar-refractivity contribution in [1.82, 2.24) is 9.97 Å². The van der Waals surface area contributed by atoms with Gasteiger partial charge in [-0.1, -0.05) is 13.8 Å². The minimum absolute atomic E-state index is 0.659. The van der Waals surface area contributed by atoms with E-state index in [1.807, 2.05) is 0 Å². The third kappa shape index (κ3) is 3.60. The summed E-state index contributed by atoms with van der Waals surface area (Å²) in [5, 5.41) is 3.15. The van der Waals surface area contributed by atoms with Gasteiger partial charge in [-0.05, 0) is 12.3 Å². The monoisotopic (exact) mass is 195 g/mol. The molecule has 0 unspecified atom stereocenters. The number of hydrogen-bond donors (Lipinski definition) is 1. The van der Waals surface area contributed by atoms with Crippen LogP contribution in [0.5, 0.6) is 5.75 Å². The van der Waals surface area contributed by atoms with Gasteiger partial charge in [-0.3, -0.25) is 0 Å². The molecule has 78 valence electrons. The molecule has 1 rings (SSSR count). The lowest BCUT2D eigenvalue weighted by molar-refractivity contribution is 0.411. The van der Waals surface area contributed by atoms with Crippen molar-refractivity contribution in [2.75, 3.05) is 19.0 Å². The van der Waals surface area contributed by atoms with Crippen LogP contribution in [0, 0.1) is 5.92 Å². The van der Waals surface area contributed by atoms with Gasteiger partial charge in [0.15, 0.2) is 5.75 Å². The lowest BCUT2D eigenvalue weighted by Crippen LogP contribution is -2.07. The van der Waals surface area contributed by atoms with Gasteiger partial charge in [-0.2, -0.15) is 0 Å². The van der Waals surface area contributed by atoms with Crippen LogP contribution >= 0.6 is 0 Å². The largest absolute Gasteiger partial charge is 0.494 e. The van der Waals surface area contributed by atoms with Crippen molar-refractivity contribution in [3.05, 3.63) is 12.4 Å². The van der Waals surface area contributed by atoms with E-state index in [9.17, 15) is 0 Å². The Morgan fingerprint density at radius 3 is 2.50 bits per heavy atom. The number of rotatable bonds is 5. The smallest absolute Gasteiger partial charge is 0.222 e. The first-order valence-electron chi connectivity index (χ1n) is 4.82. The zero-order chi connectivity index (χ0) is 10.4. The summed E-state index contributed by atoms with van der Waals surface area (Å²) in [5.74, 6) is 2.03. The molecule has 0 spiro atoms. The summed E-state index contributed by atoms with van der Waals surface area (Å²) >= 11 is 0. The number of methoxy groups -OCH3 is 1. The Hall–Kier alpha value is -1.32. The molecule has 0 bridgehead atoms. The average Bonchev–Trinajstić information content (AvgIpc) is 2.18. The molecule has 14 heavy (non-hydrogen) atoms. The average molecular weight is 195 g/mol. The maximum Gasteiger partial charge on any atom is 0.222 e. The first-order chi connectivity index (χ1) is 6.72. The Morgan fingerprint density at radius 2 is 2.00 bits per heavy atom. The van der Waals surface area contributed by atoms with E-state index < -0.39 is 0 Å². The van der Waals surface area contributed by atoms with Crippen LogP contribution in [0.3, 0.4) is 0 Å². The number of ether oxygens (including phenoxy) is 1. The van der Waals surface area contributed by atoms with E-state index >= 15 is 0 Å².